The third-order valence-corrected chi connectivity index (χ3v) is 4.09. The van der Waals surface area contributed by atoms with E-state index in [1.54, 1.807) is 0 Å². The van der Waals surface area contributed by atoms with Gasteiger partial charge in [-0.1, -0.05) is 96.8 Å². The van der Waals surface area contributed by atoms with Gasteiger partial charge in [-0.15, -0.1) is 0 Å². The van der Waals surface area contributed by atoms with Crippen LogP contribution in [0.15, 0.2) is 0 Å². The van der Waals surface area contributed by atoms with Gasteiger partial charge >= 0.3 is 5.97 Å². The molecule has 0 aliphatic rings. The van der Waals surface area contributed by atoms with E-state index < -0.39 is 5.97 Å². The maximum atomic E-state index is 10.7. The molecule has 0 bridgehead atoms. The number of hydrogen-bond donors (Lipinski definition) is 1. The van der Waals surface area contributed by atoms with Crippen molar-refractivity contribution in [2.24, 2.45) is 0 Å². The van der Waals surface area contributed by atoms with Crippen LogP contribution in [0.1, 0.15) is 110 Å². The van der Waals surface area contributed by atoms with E-state index in [4.69, 9.17) is 5.26 Å². The molecule has 0 fully saturated rings. The summed E-state index contributed by atoms with van der Waals surface area (Å²) in [4.78, 5) is 14.3. The van der Waals surface area contributed by atoms with Crippen molar-refractivity contribution in [3.8, 4) is 0 Å². The average Bonchev–Trinajstić information content (AvgIpc) is 2.50. The van der Waals surface area contributed by atoms with Gasteiger partial charge in [-0.25, -0.2) is 4.79 Å². The molecule has 0 aliphatic carbocycles. The predicted molar refractivity (Wildman–Crippen MR) is 88.3 cm³/mol. The Morgan fingerprint density at radius 3 is 1.32 bits per heavy atom. The van der Waals surface area contributed by atoms with Crippen LogP contribution in [-0.4, -0.2) is 11.2 Å². The third kappa shape index (κ3) is 20.1. The minimum absolute atomic E-state index is 0. The van der Waals surface area contributed by atoms with E-state index >= 15 is 0 Å². The van der Waals surface area contributed by atoms with Gasteiger partial charge < -0.3 is 4.89 Å². The van der Waals surface area contributed by atoms with Crippen molar-refractivity contribution in [2.75, 3.05) is 0 Å². The molecule has 0 aromatic rings. The summed E-state index contributed by atoms with van der Waals surface area (Å²) in [6.45, 7) is 2.27. The van der Waals surface area contributed by atoms with E-state index in [1.165, 1.54) is 83.5 Å². The van der Waals surface area contributed by atoms with Crippen LogP contribution in [-0.2, 0) is 29.2 Å². The van der Waals surface area contributed by atoms with E-state index in [2.05, 4.69) is 11.8 Å². The fraction of sp³-hybridized carbons (Fsp3) is 0.944. The molecule has 0 atom stereocenters. The predicted octanol–water partition coefficient (Wildman–Crippen LogP) is 6.26. The van der Waals surface area contributed by atoms with Gasteiger partial charge in [0.2, 0.25) is 0 Å². The van der Waals surface area contributed by atoms with Crippen molar-refractivity contribution in [3.63, 3.8) is 0 Å². The summed E-state index contributed by atoms with van der Waals surface area (Å²) >= 11 is 0. The molecule has 22 heavy (non-hydrogen) atoms. The van der Waals surface area contributed by atoms with Crippen LogP contribution in [0.5, 0.6) is 0 Å². The van der Waals surface area contributed by atoms with Gasteiger partial charge in [0.1, 0.15) is 0 Å². The summed E-state index contributed by atoms with van der Waals surface area (Å²) in [6.07, 6.45) is 20.0. The molecule has 0 spiro atoms. The van der Waals surface area contributed by atoms with Crippen molar-refractivity contribution in [2.45, 2.75) is 110 Å². The Morgan fingerprint density at radius 1 is 0.682 bits per heavy atom. The first kappa shape index (κ1) is 24.3. The fourth-order valence-corrected chi connectivity index (χ4v) is 2.69. The Labute approximate surface area is 150 Å². The first-order chi connectivity index (χ1) is 10.3. The van der Waals surface area contributed by atoms with Gasteiger partial charge in [0.25, 0.3) is 0 Å². The van der Waals surface area contributed by atoms with Crippen LogP contribution < -0.4 is 0 Å². The second-order valence-corrected chi connectivity index (χ2v) is 6.16. The number of hydrogen-bond acceptors (Lipinski definition) is 3. The smallest absolute Gasteiger partial charge is 0.301 e. The maximum Gasteiger partial charge on any atom is 0.342 e. The van der Waals surface area contributed by atoms with Crippen molar-refractivity contribution in [1.82, 2.24) is 0 Å². The molecule has 0 rings (SSSR count). The van der Waals surface area contributed by atoms with Crippen LogP contribution in [0.3, 0.4) is 0 Å². The van der Waals surface area contributed by atoms with Crippen molar-refractivity contribution in [1.29, 1.82) is 0 Å². The number of rotatable bonds is 16. The summed E-state index contributed by atoms with van der Waals surface area (Å²) in [5.41, 5.74) is 0. The summed E-state index contributed by atoms with van der Waals surface area (Å²) in [5, 5.41) is 8.10. The molecule has 3 nitrogen and oxygen atoms in total. The first-order valence-electron chi connectivity index (χ1n) is 9.15. The first-order valence-corrected chi connectivity index (χ1v) is 9.15. The molecule has 0 aromatic carbocycles. The molecule has 0 radical (unpaired) electrons. The Balaban J connectivity index is 0. The Morgan fingerprint density at radius 2 is 1.00 bits per heavy atom. The summed E-state index contributed by atoms with van der Waals surface area (Å²) in [7, 11) is 0. The van der Waals surface area contributed by atoms with Crippen LogP contribution in [0.2, 0.25) is 0 Å². The van der Waals surface area contributed by atoms with Crippen molar-refractivity contribution < 1.29 is 34.4 Å². The molecule has 128 valence electrons. The molecule has 0 saturated carbocycles. The molecule has 0 heterocycles. The minimum Gasteiger partial charge on any atom is -0.301 e. The zero-order valence-electron chi connectivity index (χ0n) is 14.8. The topological polar surface area (TPSA) is 46.5 Å². The van der Waals surface area contributed by atoms with E-state index in [0.29, 0.717) is 6.42 Å². The van der Waals surface area contributed by atoms with E-state index in [0.717, 1.165) is 12.8 Å². The Hall–Kier alpha value is 0.0534. The van der Waals surface area contributed by atoms with Gasteiger partial charge in [-0.05, 0) is 6.42 Å². The van der Waals surface area contributed by atoms with E-state index in [9.17, 15) is 4.79 Å². The monoisotopic (exact) mass is 364 g/mol. The molecular formula is C18H36O3Zn. The normalized spacial score (nSPS) is 10.3. The van der Waals surface area contributed by atoms with Gasteiger partial charge in [-0.2, -0.15) is 5.26 Å². The largest absolute Gasteiger partial charge is 0.342 e. The number of carbonyl (C=O) groups excluding carboxylic acids is 1. The van der Waals surface area contributed by atoms with Crippen LogP contribution in [0, 0.1) is 0 Å². The zero-order chi connectivity index (χ0) is 15.6. The Kier molecular flexibility index (Phi) is 23.3. The van der Waals surface area contributed by atoms with Gasteiger partial charge in [0.05, 0.1) is 0 Å². The fourth-order valence-electron chi connectivity index (χ4n) is 2.69. The molecule has 0 aliphatic heterocycles. The number of unbranched alkanes of at least 4 members (excludes halogenated alkanes) is 14. The van der Waals surface area contributed by atoms with Gasteiger partial charge in [0, 0.05) is 25.9 Å². The second-order valence-electron chi connectivity index (χ2n) is 6.16. The van der Waals surface area contributed by atoms with Crippen LogP contribution >= 0.6 is 0 Å². The summed E-state index contributed by atoms with van der Waals surface area (Å²) in [5.74, 6) is -0.510. The molecule has 0 amide bonds. The van der Waals surface area contributed by atoms with E-state index in [1.807, 2.05) is 0 Å². The second kappa shape index (κ2) is 21.1. The van der Waals surface area contributed by atoms with Crippen LogP contribution in [0.4, 0.5) is 0 Å². The molecule has 0 saturated heterocycles. The van der Waals surface area contributed by atoms with Crippen molar-refractivity contribution in [3.05, 3.63) is 0 Å². The number of carbonyl (C=O) groups is 1. The molecule has 1 N–H and O–H groups in total. The summed E-state index contributed by atoms with van der Waals surface area (Å²) < 4.78 is 0. The molecule has 4 heteroatoms. The molecular weight excluding hydrogens is 330 g/mol. The minimum atomic E-state index is -0.510. The summed E-state index contributed by atoms with van der Waals surface area (Å²) in [6, 6.07) is 0. The maximum absolute atomic E-state index is 10.7. The van der Waals surface area contributed by atoms with E-state index in [-0.39, 0.29) is 19.5 Å². The average molecular weight is 366 g/mol. The van der Waals surface area contributed by atoms with Crippen molar-refractivity contribution >= 4 is 5.97 Å². The quantitative estimate of drug-likeness (QED) is 0.152. The van der Waals surface area contributed by atoms with Gasteiger partial charge in [0.15, 0.2) is 0 Å². The standard InChI is InChI=1S/C18H36O3.Zn/c1-2-3-4-5-6-7-8-9-10-11-12-13-14-15-16-17-18(19)21-20;/h20H,2-17H2,1H3;. The SMILES string of the molecule is CCCCCCCCCCCCCCCCCC(=O)OO.[Zn]. The zero-order valence-corrected chi connectivity index (χ0v) is 17.8. The molecule has 0 aromatic heterocycles. The van der Waals surface area contributed by atoms with Crippen LogP contribution in [0.25, 0.3) is 0 Å². The molecule has 0 unspecified atom stereocenters. The Bertz CT molecular complexity index is 222. The van der Waals surface area contributed by atoms with Gasteiger partial charge in [-0.3, -0.25) is 0 Å². The third-order valence-electron chi connectivity index (χ3n) is 4.09.